The molecule has 0 unspecified atom stereocenters. The molecule has 1 saturated carbocycles. The molecule has 0 aliphatic heterocycles. The molecule has 27 heavy (non-hydrogen) atoms. The molecule has 7 heteroatoms. The van der Waals surface area contributed by atoms with E-state index in [9.17, 15) is 14.4 Å². The molecule has 0 atom stereocenters. The second-order valence-electron chi connectivity index (χ2n) is 7.54. The molecule has 1 fully saturated rings. The summed E-state index contributed by atoms with van der Waals surface area (Å²) in [5.41, 5.74) is 0. The minimum atomic E-state index is -0.0135. The average molecular weight is 401 g/mol. The number of carbonyl (C=O) groups is 3. The molecule has 0 spiro atoms. The van der Waals surface area contributed by atoms with Gasteiger partial charge in [-0.15, -0.1) is 11.8 Å². The predicted molar refractivity (Wildman–Crippen MR) is 110 cm³/mol. The molecule has 1 aliphatic carbocycles. The molecular weight excluding hydrogens is 364 g/mol. The summed E-state index contributed by atoms with van der Waals surface area (Å²) in [6.45, 7) is 5.16. The Morgan fingerprint density at radius 3 is 2.33 bits per heavy atom. The van der Waals surface area contributed by atoms with E-state index in [1.165, 1.54) is 0 Å². The summed E-state index contributed by atoms with van der Waals surface area (Å²) < 4.78 is 5.32. The van der Waals surface area contributed by atoms with E-state index in [0.29, 0.717) is 44.1 Å². The Morgan fingerprint density at radius 1 is 1.04 bits per heavy atom. The van der Waals surface area contributed by atoms with Gasteiger partial charge in [-0.2, -0.15) is 0 Å². The van der Waals surface area contributed by atoms with Gasteiger partial charge in [0.05, 0.1) is 5.94 Å². The quantitative estimate of drug-likeness (QED) is 0.367. The molecule has 0 saturated heterocycles. The van der Waals surface area contributed by atoms with Gasteiger partial charge in [-0.05, 0) is 44.8 Å². The first-order valence-corrected chi connectivity index (χ1v) is 11.5. The van der Waals surface area contributed by atoms with Gasteiger partial charge in [-0.25, -0.2) is 0 Å². The third kappa shape index (κ3) is 10.7. The number of hydrogen-bond acceptors (Lipinski definition) is 5. The fourth-order valence-electron chi connectivity index (χ4n) is 3.34. The SMILES string of the molecule is CSCOCCCNC(=O)CCCC(=O)NC1CCC(C(=O)C(C)C)CC1. The number of thioether (sulfide) groups is 1. The maximum Gasteiger partial charge on any atom is 0.220 e. The smallest absolute Gasteiger partial charge is 0.220 e. The number of carbonyl (C=O) groups excluding carboxylic acids is 3. The highest BCUT2D eigenvalue weighted by Gasteiger charge is 2.28. The van der Waals surface area contributed by atoms with E-state index >= 15 is 0 Å². The van der Waals surface area contributed by atoms with Gasteiger partial charge in [-0.3, -0.25) is 14.4 Å². The predicted octanol–water partition coefficient (Wildman–Crippen LogP) is 2.90. The number of hydrogen-bond donors (Lipinski definition) is 2. The summed E-state index contributed by atoms with van der Waals surface area (Å²) in [6, 6.07) is 0.170. The molecule has 0 heterocycles. The summed E-state index contributed by atoms with van der Waals surface area (Å²) >= 11 is 1.63. The van der Waals surface area contributed by atoms with E-state index in [4.69, 9.17) is 4.74 Å². The van der Waals surface area contributed by atoms with Crippen molar-refractivity contribution in [2.24, 2.45) is 11.8 Å². The van der Waals surface area contributed by atoms with Gasteiger partial charge in [0.2, 0.25) is 11.8 Å². The van der Waals surface area contributed by atoms with Crippen molar-refractivity contribution in [3.63, 3.8) is 0 Å². The normalized spacial score (nSPS) is 19.7. The fraction of sp³-hybridized carbons (Fsp3) is 0.850. The number of amides is 2. The Labute approximate surface area is 167 Å². The first-order valence-electron chi connectivity index (χ1n) is 10.1. The Morgan fingerprint density at radius 2 is 1.70 bits per heavy atom. The molecule has 156 valence electrons. The van der Waals surface area contributed by atoms with Crippen molar-refractivity contribution in [1.29, 1.82) is 0 Å². The summed E-state index contributed by atoms with van der Waals surface area (Å²) in [6.07, 6.45) is 7.55. The number of nitrogens with one attached hydrogen (secondary N) is 2. The van der Waals surface area contributed by atoms with E-state index in [2.05, 4.69) is 10.6 Å². The average Bonchev–Trinajstić information content (AvgIpc) is 2.64. The van der Waals surface area contributed by atoms with Gasteiger partial charge >= 0.3 is 0 Å². The summed E-state index contributed by atoms with van der Waals surface area (Å²) in [5.74, 6) is 1.27. The van der Waals surface area contributed by atoms with Crippen molar-refractivity contribution in [1.82, 2.24) is 10.6 Å². The van der Waals surface area contributed by atoms with E-state index in [0.717, 1.165) is 32.1 Å². The highest BCUT2D eigenvalue weighted by Crippen LogP contribution is 2.27. The molecule has 0 aromatic heterocycles. The van der Waals surface area contributed by atoms with Crippen LogP contribution in [-0.4, -0.2) is 49.0 Å². The number of rotatable bonds is 13. The topological polar surface area (TPSA) is 84.5 Å². The standard InChI is InChI=1S/C20H36N2O4S/c1-15(2)20(25)16-8-10-17(11-9-16)22-19(24)7-4-6-18(23)21-12-5-13-26-14-27-3/h15-17H,4-14H2,1-3H3,(H,21,23)(H,22,24). The van der Waals surface area contributed by atoms with Crippen molar-refractivity contribution < 1.29 is 19.1 Å². The lowest BCUT2D eigenvalue weighted by Crippen LogP contribution is -2.39. The van der Waals surface area contributed by atoms with Crippen molar-refractivity contribution in [3.05, 3.63) is 0 Å². The highest BCUT2D eigenvalue weighted by molar-refractivity contribution is 7.98. The maximum atomic E-state index is 12.0. The summed E-state index contributed by atoms with van der Waals surface area (Å²) in [4.78, 5) is 35.8. The molecule has 0 bridgehead atoms. The van der Waals surface area contributed by atoms with Crippen LogP contribution in [0.4, 0.5) is 0 Å². The largest absolute Gasteiger partial charge is 0.371 e. The molecule has 0 radical (unpaired) electrons. The lowest BCUT2D eigenvalue weighted by molar-refractivity contribution is -0.127. The van der Waals surface area contributed by atoms with Crippen LogP contribution >= 0.6 is 11.8 Å². The third-order valence-corrected chi connectivity index (χ3v) is 5.26. The van der Waals surface area contributed by atoms with Gasteiger partial charge in [0.25, 0.3) is 0 Å². The van der Waals surface area contributed by atoms with Crippen molar-refractivity contribution in [2.75, 3.05) is 25.3 Å². The Hall–Kier alpha value is -1.08. The molecular formula is C20H36N2O4S. The Kier molecular flexibility index (Phi) is 12.4. The van der Waals surface area contributed by atoms with Crippen LogP contribution in [0.5, 0.6) is 0 Å². The Bertz CT molecular complexity index is 463. The van der Waals surface area contributed by atoms with E-state index in [1.807, 2.05) is 20.1 Å². The second kappa shape index (κ2) is 14.0. The van der Waals surface area contributed by atoms with Crippen molar-refractivity contribution >= 4 is 29.4 Å². The van der Waals surface area contributed by atoms with Crippen LogP contribution < -0.4 is 10.6 Å². The molecule has 1 aliphatic rings. The maximum absolute atomic E-state index is 12.0. The van der Waals surface area contributed by atoms with E-state index in [1.54, 1.807) is 11.8 Å². The van der Waals surface area contributed by atoms with Crippen molar-refractivity contribution in [3.8, 4) is 0 Å². The zero-order valence-electron chi connectivity index (χ0n) is 17.1. The fourth-order valence-corrected chi connectivity index (χ4v) is 3.62. The summed E-state index contributed by atoms with van der Waals surface area (Å²) in [7, 11) is 0. The van der Waals surface area contributed by atoms with Gasteiger partial charge in [0, 0.05) is 43.9 Å². The van der Waals surface area contributed by atoms with Gasteiger partial charge in [0.1, 0.15) is 5.78 Å². The monoisotopic (exact) mass is 400 g/mol. The zero-order valence-corrected chi connectivity index (χ0v) is 17.9. The third-order valence-electron chi connectivity index (χ3n) is 4.86. The summed E-state index contributed by atoms with van der Waals surface area (Å²) in [5, 5.41) is 5.90. The molecule has 2 N–H and O–H groups in total. The first-order chi connectivity index (χ1) is 12.9. The molecule has 2 amide bonds. The second-order valence-corrected chi connectivity index (χ2v) is 8.36. The highest BCUT2D eigenvalue weighted by atomic mass is 32.2. The Balaban J connectivity index is 2.06. The van der Waals surface area contributed by atoms with Crippen LogP contribution in [0.1, 0.15) is 65.2 Å². The lowest BCUT2D eigenvalue weighted by Gasteiger charge is -2.29. The zero-order chi connectivity index (χ0) is 20.1. The van der Waals surface area contributed by atoms with Crippen LogP contribution in [0.15, 0.2) is 0 Å². The number of ether oxygens (including phenoxy) is 1. The minimum Gasteiger partial charge on any atom is -0.371 e. The van der Waals surface area contributed by atoms with Crippen molar-refractivity contribution in [2.45, 2.75) is 71.3 Å². The first kappa shape index (κ1) is 24.0. The van der Waals surface area contributed by atoms with Crippen LogP contribution in [0, 0.1) is 11.8 Å². The van der Waals surface area contributed by atoms with Gasteiger partial charge in [-0.1, -0.05) is 13.8 Å². The van der Waals surface area contributed by atoms with Gasteiger partial charge in [0.15, 0.2) is 0 Å². The van der Waals surface area contributed by atoms with E-state index in [-0.39, 0.29) is 29.7 Å². The van der Waals surface area contributed by atoms with Crippen LogP contribution in [0.3, 0.4) is 0 Å². The molecule has 0 aromatic rings. The number of Topliss-reactive ketones (excluding diaryl/α,β-unsaturated/α-hetero) is 1. The molecule has 6 nitrogen and oxygen atoms in total. The number of ketones is 1. The van der Waals surface area contributed by atoms with Gasteiger partial charge < -0.3 is 15.4 Å². The minimum absolute atomic E-state index is 0.00639. The van der Waals surface area contributed by atoms with Crippen LogP contribution in [0.2, 0.25) is 0 Å². The van der Waals surface area contributed by atoms with Crippen LogP contribution in [-0.2, 0) is 19.1 Å². The van der Waals surface area contributed by atoms with E-state index < -0.39 is 0 Å². The molecule has 0 aromatic carbocycles. The molecule has 1 rings (SSSR count). The van der Waals surface area contributed by atoms with Crippen LogP contribution in [0.25, 0.3) is 0 Å². The lowest BCUT2D eigenvalue weighted by atomic mass is 9.80.